The van der Waals surface area contributed by atoms with Gasteiger partial charge in [0.25, 0.3) is 5.91 Å². The zero-order valence-electron chi connectivity index (χ0n) is 12.4. The molecule has 118 valence electrons. The summed E-state index contributed by atoms with van der Waals surface area (Å²) in [7, 11) is 0. The van der Waals surface area contributed by atoms with E-state index in [-0.39, 0.29) is 24.4 Å². The number of rotatable bonds is 4. The van der Waals surface area contributed by atoms with Crippen molar-refractivity contribution in [2.75, 3.05) is 32.7 Å². The standard InChI is InChI=1S/C16H20ClN3O2/c17-13-3-1-2-12(10-13)16(22)20(14-4-5-14)11-15(21)19-8-6-18-7-9-19/h1-3,10,14,18H,4-9,11H2. The Kier molecular flexibility index (Phi) is 4.64. The third kappa shape index (κ3) is 3.59. The van der Waals surface area contributed by atoms with Crippen LogP contribution in [0, 0.1) is 0 Å². The molecule has 1 aromatic carbocycles. The van der Waals surface area contributed by atoms with Crippen molar-refractivity contribution in [1.82, 2.24) is 15.1 Å². The molecule has 0 spiro atoms. The molecule has 0 atom stereocenters. The minimum Gasteiger partial charge on any atom is -0.339 e. The molecule has 0 radical (unpaired) electrons. The molecule has 22 heavy (non-hydrogen) atoms. The van der Waals surface area contributed by atoms with Crippen LogP contribution < -0.4 is 5.32 Å². The van der Waals surface area contributed by atoms with Gasteiger partial charge in [0.2, 0.25) is 5.91 Å². The highest BCUT2D eigenvalue weighted by Gasteiger charge is 2.35. The van der Waals surface area contributed by atoms with Gasteiger partial charge in [0.1, 0.15) is 6.54 Å². The maximum Gasteiger partial charge on any atom is 0.254 e. The van der Waals surface area contributed by atoms with E-state index >= 15 is 0 Å². The molecular weight excluding hydrogens is 302 g/mol. The third-order valence-corrected chi connectivity index (χ3v) is 4.33. The zero-order valence-corrected chi connectivity index (χ0v) is 13.2. The van der Waals surface area contributed by atoms with Crippen LogP contribution in [0.5, 0.6) is 0 Å². The number of halogens is 1. The van der Waals surface area contributed by atoms with Crippen molar-refractivity contribution in [2.24, 2.45) is 0 Å². The van der Waals surface area contributed by atoms with E-state index in [4.69, 9.17) is 11.6 Å². The topological polar surface area (TPSA) is 52.7 Å². The van der Waals surface area contributed by atoms with Crippen LogP contribution in [0.15, 0.2) is 24.3 Å². The summed E-state index contributed by atoms with van der Waals surface area (Å²) in [5.41, 5.74) is 0.549. The van der Waals surface area contributed by atoms with Crippen molar-refractivity contribution in [3.05, 3.63) is 34.9 Å². The molecule has 5 nitrogen and oxygen atoms in total. The van der Waals surface area contributed by atoms with E-state index in [0.29, 0.717) is 23.7 Å². The molecule has 2 aliphatic rings. The number of benzene rings is 1. The highest BCUT2D eigenvalue weighted by Crippen LogP contribution is 2.28. The molecule has 1 heterocycles. The van der Waals surface area contributed by atoms with E-state index in [1.807, 2.05) is 4.90 Å². The first-order chi connectivity index (χ1) is 10.6. The monoisotopic (exact) mass is 321 g/mol. The molecular formula is C16H20ClN3O2. The van der Waals surface area contributed by atoms with Crippen LogP contribution in [-0.2, 0) is 4.79 Å². The minimum absolute atomic E-state index is 0.0313. The summed E-state index contributed by atoms with van der Waals surface area (Å²) in [6, 6.07) is 7.11. The van der Waals surface area contributed by atoms with E-state index < -0.39 is 0 Å². The molecule has 0 aromatic heterocycles. The lowest BCUT2D eigenvalue weighted by Crippen LogP contribution is -2.50. The second-order valence-electron chi connectivity index (χ2n) is 5.81. The molecule has 1 saturated carbocycles. The summed E-state index contributed by atoms with van der Waals surface area (Å²) < 4.78 is 0. The van der Waals surface area contributed by atoms with Gasteiger partial charge in [-0.3, -0.25) is 9.59 Å². The summed E-state index contributed by atoms with van der Waals surface area (Å²) in [5.74, 6) is -0.0720. The summed E-state index contributed by atoms with van der Waals surface area (Å²) in [6.07, 6.45) is 1.95. The van der Waals surface area contributed by atoms with Gasteiger partial charge in [-0.25, -0.2) is 0 Å². The molecule has 2 amide bonds. The average Bonchev–Trinajstić information content (AvgIpc) is 3.37. The molecule has 2 fully saturated rings. The molecule has 1 saturated heterocycles. The van der Waals surface area contributed by atoms with Gasteiger partial charge in [-0.2, -0.15) is 0 Å². The molecule has 6 heteroatoms. The summed E-state index contributed by atoms with van der Waals surface area (Å²) in [6.45, 7) is 3.22. The molecule has 0 unspecified atom stereocenters. The van der Waals surface area contributed by atoms with Gasteiger partial charge in [-0.1, -0.05) is 17.7 Å². The van der Waals surface area contributed by atoms with Crippen LogP contribution in [0.4, 0.5) is 0 Å². The quantitative estimate of drug-likeness (QED) is 0.911. The number of nitrogens with zero attached hydrogens (tertiary/aromatic N) is 2. The maximum atomic E-state index is 12.7. The van der Waals surface area contributed by atoms with Gasteiger partial charge in [0.05, 0.1) is 0 Å². The predicted molar refractivity (Wildman–Crippen MR) is 85.0 cm³/mol. The Bertz CT molecular complexity index is 568. The number of hydrogen-bond acceptors (Lipinski definition) is 3. The summed E-state index contributed by atoms with van der Waals surface area (Å²) in [5, 5.41) is 3.76. The van der Waals surface area contributed by atoms with Crippen LogP contribution >= 0.6 is 11.6 Å². The highest BCUT2D eigenvalue weighted by molar-refractivity contribution is 6.31. The first kappa shape index (κ1) is 15.3. The smallest absolute Gasteiger partial charge is 0.254 e. The van der Waals surface area contributed by atoms with Crippen molar-refractivity contribution >= 4 is 23.4 Å². The zero-order chi connectivity index (χ0) is 15.5. The second-order valence-corrected chi connectivity index (χ2v) is 6.24. The van der Waals surface area contributed by atoms with Crippen molar-refractivity contribution in [1.29, 1.82) is 0 Å². The fourth-order valence-corrected chi connectivity index (χ4v) is 2.89. The molecule has 3 rings (SSSR count). The van der Waals surface area contributed by atoms with Gasteiger partial charge in [-0.05, 0) is 31.0 Å². The number of amides is 2. The molecule has 1 aliphatic heterocycles. The Hall–Kier alpha value is -1.59. The molecule has 1 aliphatic carbocycles. The fourth-order valence-electron chi connectivity index (χ4n) is 2.70. The summed E-state index contributed by atoms with van der Waals surface area (Å²) in [4.78, 5) is 28.6. The number of carbonyl (C=O) groups excluding carboxylic acids is 2. The largest absolute Gasteiger partial charge is 0.339 e. The number of hydrogen-bond donors (Lipinski definition) is 1. The van der Waals surface area contributed by atoms with Crippen molar-refractivity contribution in [3.8, 4) is 0 Å². The third-order valence-electron chi connectivity index (χ3n) is 4.10. The average molecular weight is 322 g/mol. The van der Waals surface area contributed by atoms with Gasteiger partial charge >= 0.3 is 0 Å². The normalized spacial score (nSPS) is 18.1. The van der Waals surface area contributed by atoms with Crippen LogP contribution in [0.25, 0.3) is 0 Å². The first-order valence-electron chi connectivity index (χ1n) is 7.70. The van der Waals surface area contributed by atoms with E-state index in [1.165, 1.54) is 0 Å². The molecule has 1 N–H and O–H groups in total. The number of nitrogens with one attached hydrogen (secondary N) is 1. The van der Waals surface area contributed by atoms with Gasteiger partial charge < -0.3 is 15.1 Å². The Balaban J connectivity index is 1.70. The van der Waals surface area contributed by atoms with E-state index in [2.05, 4.69) is 5.32 Å². The Morgan fingerprint density at radius 3 is 2.64 bits per heavy atom. The Labute approximate surface area is 135 Å². The fraction of sp³-hybridized carbons (Fsp3) is 0.500. The first-order valence-corrected chi connectivity index (χ1v) is 8.08. The molecule has 0 bridgehead atoms. The lowest BCUT2D eigenvalue weighted by molar-refractivity contribution is -0.132. The SMILES string of the molecule is O=C(CN(C(=O)c1cccc(Cl)c1)C1CC1)N1CCNCC1. The Morgan fingerprint density at radius 1 is 1.27 bits per heavy atom. The van der Waals surface area contributed by atoms with Crippen molar-refractivity contribution in [3.63, 3.8) is 0 Å². The van der Waals surface area contributed by atoms with Crippen LogP contribution in [0.2, 0.25) is 5.02 Å². The van der Waals surface area contributed by atoms with Crippen LogP contribution in [-0.4, -0.2) is 60.4 Å². The van der Waals surface area contributed by atoms with Crippen molar-refractivity contribution in [2.45, 2.75) is 18.9 Å². The number of carbonyl (C=O) groups is 2. The molecule has 1 aromatic rings. The predicted octanol–water partition coefficient (Wildman–Crippen LogP) is 1.38. The van der Waals surface area contributed by atoms with Crippen molar-refractivity contribution < 1.29 is 9.59 Å². The van der Waals surface area contributed by atoms with E-state index in [0.717, 1.165) is 25.9 Å². The lowest BCUT2D eigenvalue weighted by atomic mass is 10.2. The van der Waals surface area contributed by atoms with Gasteiger partial charge in [0.15, 0.2) is 0 Å². The van der Waals surface area contributed by atoms with Crippen LogP contribution in [0.3, 0.4) is 0 Å². The number of piperazine rings is 1. The summed E-state index contributed by atoms with van der Waals surface area (Å²) >= 11 is 5.96. The maximum absolute atomic E-state index is 12.7. The van der Waals surface area contributed by atoms with Gasteiger partial charge in [0, 0.05) is 42.8 Å². The minimum atomic E-state index is -0.103. The van der Waals surface area contributed by atoms with E-state index in [9.17, 15) is 9.59 Å². The van der Waals surface area contributed by atoms with E-state index in [1.54, 1.807) is 29.2 Å². The second kappa shape index (κ2) is 6.67. The Morgan fingerprint density at radius 2 is 2.00 bits per heavy atom. The highest BCUT2D eigenvalue weighted by atomic mass is 35.5. The lowest BCUT2D eigenvalue weighted by Gasteiger charge is -2.30. The van der Waals surface area contributed by atoms with Crippen LogP contribution in [0.1, 0.15) is 23.2 Å². The van der Waals surface area contributed by atoms with Gasteiger partial charge in [-0.15, -0.1) is 0 Å².